The molecule has 1 aromatic heterocycles. The Morgan fingerprint density at radius 2 is 2.53 bits per heavy atom. The van der Waals surface area contributed by atoms with Crippen molar-refractivity contribution in [2.24, 2.45) is 0 Å². The lowest BCUT2D eigenvalue weighted by molar-refractivity contribution is 0.193. The van der Waals surface area contributed by atoms with Crippen molar-refractivity contribution in [3.05, 3.63) is 18.5 Å². The largest absolute Gasteiger partial charge is 0.465 e. The number of hydrogen-bond acceptors (Lipinski definition) is 4. The first-order valence-electron chi connectivity index (χ1n) is 5.61. The van der Waals surface area contributed by atoms with Crippen LogP contribution in [0.2, 0.25) is 0 Å². The SMILES string of the molecule is Nc1cnccc1N1CCCC1CNC(=O)O. The standard InChI is InChI=1S/C11H16N4O2/c12-9-7-13-4-3-10(9)15-5-1-2-8(15)6-14-11(16)17/h3-4,7-8,14H,1-2,5-6,12H2,(H,16,17). The molecule has 1 saturated heterocycles. The maximum atomic E-state index is 10.5. The highest BCUT2D eigenvalue weighted by Crippen LogP contribution is 2.29. The highest BCUT2D eigenvalue weighted by atomic mass is 16.4. The fraction of sp³-hybridized carbons (Fsp3) is 0.455. The Morgan fingerprint density at radius 3 is 3.24 bits per heavy atom. The predicted molar refractivity (Wildman–Crippen MR) is 65.0 cm³/mol. The smallest absolute Gasteiger partial charge is 0.404 e. The Morgan fingerprint density at radius 1 is 1.71 bits per heavy atom. The molecule has 0 aliphatic carbocycles. The van der Waals surface area contributed by atoms with Crippen LogP contribution in [-0.4, -0.2) is 35.3 Å². The molecule has 0 aromatic carbocycles. The third kappa shape index (κ3) is 2.58. The van der Waals surface area contributed by atoms with Crippen LogP contribution in [0.4, 0.5) is 16.2 Å². The zero-order valence-electron chi connectivity index (χ0n) is 9.47. The van der Waals surface area contributed by atoms with Crippen LogP contribution < -0.4 is 16.0 Å². The summed E-state index contributed by atoms with van der Waals surface area (Å²) < 4.78 is 0. The molecule has 1 aliphatic heterocycles. The van der Waals surface area contributed by atoms with E-state index in [0.717, 1.165) is 25.1 Å². The van der Waals surface area contributed by atoms with E-state index in [-0.39, 0.29) is 6.04 Å². The number of rotatable bonds is 3. The Balaban J connectivity index is 2.09. The fourth-order valence-electron chi connectivity index (χ4n) is 2.23. The van der Waals surface area contributed by atoms with E-state index in [1.165, 1.54) is 0 Å². The minimum Gasteiger partial charge on any atom is -0.465 e. The second kappa shape index (κ2) is 4.90. The third-order valence-electron chi connectivity index (χ3n) is 3.00. The molecule has 6 nitrogen and oxygen atoms in total. The topological polar surface area (TPSA) is 91.5 Å². The number of nitrogens with one attached hydrogen (secondary N) is 1. The van der Waals surface area contributed by atoms with Crippen molar-refractivity contribution in [2.45, 2.75) is 18.9 Å². The van der Waals surface area contributed by atoms with Crippen LogP contribution in [0.15, 0.2) is 18.5 Å². The van der Waals surface area contributed by atoms with Gasteiger partial charge in [-0.25, -0.2) is 4.79 Å². The summed E-state index contributed by atoms with van der Waals surface area (Å²) in [5.74, 6) is 0. The van der Waals surface area contributed by atoms with E-state index in [9.17, 15) is 4.79 Å². The van der Waals surface area contributed by atoms with Gasteiger partial charge < -0.3 is 21.1 Å². The third-order valence-corrected chi connectivity index (χ3v) is 3.00. The van der Waals surface area contributed by atoms with Crippen LogP contribution in [0.25, 0.3) is 0 Å². The molecule has 1 atom stereocenters. The van der Waals surface area contributed by atoms with Gasteiger partial charge in [0, 0.05) is 25.3 Å². The van der Waals surface area contributed by atoms with Gasteiger partial charge in [-0.15, -0.1) is 0 Å². The first-order valence-corrected chi connectivity index (χ1v) is 5.61. The van der Waals surface area contributed by atoms with Crippen LogP contribution in [0, 0.1) is 0 Å². The van der Waals surface area contributed by atoms with E-state index in [1.807, 2.05) is 6.07 Å². The number of hydrogen-bond donors (Lipinski definition) is 3. The van der Waals surface area contributed by atoms with Gasteiger partial charge in [0.15, 0.2) is 0 Å². The summed E-state index contributed by atoms with van der Waals surface area (Å²) in [7, 11) is 0. The van der Waals surface area contributed by atoms with Gasteiger partial charge in [-0.2, -0.15) is 0 Å². The van der Waals surface area contributed by atoms with E-state index in [1.54, 1.807) is 12.4 Å². The van der Waals surface area contributed by atoms with Gasteiger partial charge in [0.25, 0.3) is 0 Å². The lowest BCUT2D eigenvalue weighted by Crippen LogP contribution is -2.40. The lowest BCUT2D eigenvalue weighted by Gasteiger charge is -2.27. The van der Waals surface area contributed by atoms with Crippen LogP contribution in [-0.2, 0) is 0 Å². The zero-order valence-corrected chi connectivity index (χ0v) is 9.47. The molecule has 0 saturated carbocycles. The molecule has 92 valence electrons. The van der Waals surface area contributed by atoms with E-state index in [2.05, 4.69) is 15.2 Å². The number of carbonyl (C=O) groups is 1. The van der Waals surface area contributed by atoms with Gasteiger partial charge in [-0.3, -0.25) is 4.98 Å². The molecule has 17 heavy (non-hydrogen) atoms. The van der Waals surface area contributed by atoms with Crippen molar-refractivity contribution in [3.8, 4) is 0 Å². The first-order chi connectivity index (χ1) is 8.18. The molecule has 2 rings (SSSR count). The number of nitrogens with two attached hydrogens (primary N) is 1. The monoisotopic (exact) mass is 236 g/mol. The summed E-state index contributed by atoms with van der Waals surface area (Å²) >= 11 is 0. The van der Waals surface area contributed by atoms with E-state index in [4.69, 9.17) is 10.8 Å². The Bertz CT molecular complexity index is 410. The number of aromatic nitrogens is 1. The van der Waals surface area contributed by atoms with Crippen molar-refractivity contribution in [3.63, 3.8) is 0 Å². The van der Waals surface area contributed by atoms with E-state index in [0.29, 0.717) is 12.2 Å². The molecule has 1 amide bonds. The Labute approximate surface area is 99.4 Å². The van der Waals surface area contributed by atoms with Crippen molar-refractivity contribution >= 4 is 17.5 Å². The maximum Gasteiger partial charge on any atom is 0.404 e. The quantitative estimate of drug-likeness (QED) is 0.725. The number of nitrogen functional groups attached to an aromatic ring is 1. The number of anilines is 2. The second-order valence-corrected chi connectivity index (χ2v) is 4.11. The van der Waals surface area contributed by atoms with Crippen molar-refractivity contribution < 1.29 is 9.90 Å². The van der Waals surface area contributed by atoms with Crippen LogP contribution >= 0.6 is 0 Å². The highest BCUT2D eigenvalue weighted by molar-refractivity contribution is 5.67. The molecule has 2 heterocycles. The summed E-state index contributed by atoms with van der Waals surface area (Å²) in [4.78, 5) is 16.6. The van der Waals surface area contributed by atoms with Crippen LogP contribution in [0.3, 0.4) is 0 Å². The summed E-state index contributed by atoms with van der Waals surface area (Å²) in [5, 5.41) is 11.0. The summed E-state index contributed by atoms with van der Waals surface area (Å²) in [6.45, 7) is 1.33. The average molecular weight is 236 g/mol. The highest BCUT2D eigenvalue weighted by Gasteiger charge is 2.26. The van der Waals surface area contributed by atoms with Crippen LogP contribution in [0.1, 0.15) is 12.8 Å². The summed E-state index contributed by atoms with van der Waals surface area (Å²) in [5.41, 5.74) is 7.45. The zero-order chi connectivity index (χ0) is 12.3. The molecule has 1 aromatic rings. The van der Waals surface area contributed by atoms with Gasteiger partial charge in [-0.05, 0) is 18.9 Å². The molecule has 4 N–H and O–H groups in total. The number of carboxylic acid groups (broad SMARTS) is 1. The Kier molecular flexibility index (Phi) is 3.32. The molecule has 0 bridgehead atoms. The van der Waals surface area contributed by atoms with E-state index >= 15 is 0 Å². The van der Waals surface area contributed by atoms with Gasteiger partial charge >= 0.3 is 6.09 Å². The predicted octanol–water partition coefficient (Wildman–Crippen LogP) is 0.900. The fourth-order valence-corrected chi connectivity index (χ4v) is 2.23. The maximum absolute atomic E-state index is 10.5. The first kappa shape index (κ1) is 11.5. The van der Waals surface area contributed by atoms with Gasteiger partial charge in [-0.1, -0.05) is 0 Å². The normalized spacial score (nSPS) is 19.3. The Hall–Kier alpha value is -1.98. The van der Waals surface area contributed by atoms with Crippen molar-refractivity contribution in [1.29, 1.82) is 0 Å². The molecule has 0 spiro atoms. The number of amides is 1. The molecule has 1 unspecified atom stereocenters. The molecule has 1 aliphatic rings. The molecular formula is C11H16N4O2. The van der Waals surface area contributed by atoms with Crippen molar-refractivity contribution in [1.82, 2.24) is 10.3 Å². The minimum absolute atomic E-state index is 0.177. The second-order valence-electron chi connectivity index (χ2n) is 4.11. The van der Waals surface area contributed by atoms with Crippen LogP contribution in [0.5, 0.6) is 0 Å². The van der Waals surface area contributed by atoms with Gasteiger partial charge in [0.2, 0.25) is 0 Å². The molecule has 1 fully saturated rings. The minimum atomic E-state index is -0.987. The molecule has 6 heteroatoms. The number of nitrogens with zero attached hydrogens (tertiary/aromatic N) is 2. The van der Waals surface area contributed by atoms with E-state index < -0.39 is 6.09 Å². The summed E-state index contributed by atoms with van der Waals surface area (Å²) in [6, 6.07) is 2.05. The number of pyridine rings is 1. The van der Waals surface area contributed by atoms with Gasteiger partial charge in [0.05, 0.1) is 17.6 Å². The van der Waals surface area contributed by atoms with Gasteiger partial charge in [0.1, 0.15) is 0 Å². The molecular weight excluding hydrogens is 220 g/mol. The lowest BCUT2D eigenvalue weighted by atomic mass is 10.2. The molecule has 0 radical (unpaired) electrons. The average Bonchev–Trinajstić information content (AvgIpc) is 2.75. The summed E-state index contributed by atoms with van der Waals surface area (Å²) in [6.07, 6.45) is 4.36. The van der Waals surface area contributed by atoms with Crippen molar-refractivity contribution in [2.75, 3.05) is 23.7 Å².